The highest BCUT2D eigenvalue weighted by Gasteiger charge is 2.22. The summed E-state index contributed by atoms with van der Waals surface area (Å²) in [6, 6.07) is 5.94. The Hall–Kier alpha value is -2.08. The predicted octanol–water partition coefficient (Wildman–Crippen LogP) is 4.41. The molecule has 144 valence electrons. The van der Waals surface area contributed by atoms with Gasteiger partial charge in [0, 0.05) is 24.5 Å². The minimum Gasteiger partial charge on any atom is -0.454 e. The number of rotatable bonds is 7. The zero-order valence-corrected chi connectivity index (χ0v) is 16.4. The van der Waals surface area contributed by atoms with Crippen LogP contribution in [0.4, 0.5) is 0 Å². The molecule has 1 aliphatic heterocycles. The van der Waals surface area contributed by atoms with E-state index in [9.17, 15) is 4.79 Å². The van der Waals surface area contributed by atoms with Crippen LogP contribution in [0.15, 0.2) is 29.8 Å². The van der Waals surface area contributed by atoms with Gasteiger partial charge in [-0.15, -0.1) is 11.3 Å². The molecule has 1 aromatic carbocycles. The van der Waals surface area contributed by atoms with Crippen molar-refractivity contribution >= 4 is 17.2 Å². The van der Waals surface area contributed by atoms with E-state index in [4.69, 9.17) is 9.47 Å². The normalized spacial score (nSPS) is 16.4. The number of carbonyl (C=O) groups is 1. The molecule has 1 amide bonds. The van der Waals surface area contributed by atoms with Crippen LogP contribution in [0.25, 0.3) is 0 Å². The molecule has 0 bridgehead atoms. The summed E-state index contributed by atoms with van der Waals surface area (Å²) < 4.78 is 10.8. The molecule has 2 heterocycles. The van der Waals surface area contributed by atoms with Crippen LogP contribution in [0.2, 0.25) is 0 Å². The van der Waals surface area contributed by atoms with Crippen LogP contribution in [0.1, 0.15) is 49.1 Å². The number of aryl methyl sites for hydroxylation is 1. The average molecular weight is 387 g/mol. The molecule has 0 unspecified atom stereocenters. The zero-order valence-electron chi connectivity index (χ0n) is 15.6. The van der Waals surface area contributed by atoms with Crippen molar-refractivity contribution in [1.29, 1.82) is 0 Å². The van der Waals surface area contributed by atoms with Crippen molar-refractivity contribution in [2.45, 2.75) is 51.5 Å². The molecule has 27 heavy (non-hydrogen) atoms. The quantitative estimate of drug-likeness (QED) is 0.707. The third-order valence-corrected chi connectivity index (χ3v) is 6.19. The lowest BCUT2D eigenvalue weighted by Gasteiger charge is -2.29. The van der Waals surface area contributed by atoms with Crippen LogP contribution in [-0.2, 0) is 17.8 Å². The molecule has 2 aromatic rings. The number of benzene rings is 1. The molecule has 6 heteroatoms. The molecular weight excluding hydrogens is 360 g/mol. The van der Waals surface area contributed by atoms with Gasteiger partial charge in [0.1, 0.15) is 5.01 Å². The van der Waals surface area contributed by atoms with Gasteiger partial charge in [0.2, 0.25) is 12.7 Å². The number of hydrogen-bond acceptors (Lipinski definition) is 5. The smallest absolute Gasteiger partial charge is 0.231 e. The van der Waals surface area contributed by atoms with Crippen LogP contribution < -0.4 is 9.47 Å². The Labute approximate surface area is 164 Å². The Morgan fingerprint density at radius 1 is 1.19 bits per heavy atom. The Bertz CT molecular complexity index is 757. The van der Waals surface area contributed by atoms with Crippen LogP contribution in [0, 0.1) is 5.92 Å². The van der Waals surface area contributed by atoms with Crippen molar-refractivity contribution in [3.8, 4) is 11.5 Å². The molecule has 1 fully saturated rings. The summed E-state index contributed by atoms with van der Waals surface area (Å²) in [6.45, 7) is 1.77. The second-order valence-corrected chi connectivity index (χ2v) is 8.37. The number of fused-ring (bicyclic) bond motifs is 1. The van der Waals surface area contributed by atoms with E-state index < -0.39 is 0 Å². The van der Waals surface area contributed by atoms with E-state index in [-0.39, 0.29) is 12.7 Å². The first-order valence-electron chi connectivity index (χ1n) is 9.82. The average Bonchev–Trinajstić information content (AvgIpc) is 3.37. The fourth-order valence-electron chi connectivity index (χ4n) is 3.94. The minimum atomic E-state index is 0.216. The van der Waals surface area contributed by atoms with Gasteiger partial charge in [-0.25, -0.2) is 4.98 Å². The van der Waals surface area contributed by atoms with Gasteiger partial charge >= 0.3 is 0 Å². The van der Waals surface area contributed by atoms with Gasteiger partial charge in [0.15, 0.2) is 11.5 Å². The Balaban J connectivity index is 1.38. The first kappa shape index (κ1) is 18.3. The standard InChI is InChI=1S/C21H26N2O3S/c24-21(9-7-16-6-8-18-19(12-16)26-15-25-18)23(14-20-22-10-11-27-20)13-17-4-2-1-3-5-17/h6,8,10-12,17H,1-5,7,9,13-15H2. The van der Waals surface area contributed by atoms with Crippen molar-refractivity contribution in [2.75, 3.05) is 13.3 Å². The summed E-state index contributed by atoms with van der Waals surface area (Å²) in [5.74, 6) is 2.41. The summed E-state index contributed by atoms with van der Waals surface area (Å²) >= 11 is 1.62. The number of carbonyl (C=O) groups excluding carboxylic acids is 1. The second kappa shape index (κ2) is 8.74. The summed E-state index contributed by atoms with van der Waals surface area (Å²) in [5, 5.41) is 2.99. The Kier molecular flexibility index (Phi) is 5.92. The SMILES string of the molecule is O=C(CCc1ccc2c(c1)OCO2)N(Cc1nccs1)CC1CCCCC1. The summed E-state index contributed by atoms with van der Waals surface area (Å²) in [6.07, 6.45) is 9.44. The molecule has 1 saturated carbocycles. The van der Waals surface area contributed by atoms with Gasteiger partial charge in [0.25, 0.3) is 0 Å². The highest BCUT2D eigenvalue weighted by Crippen LogP contribution is 2.33. The first-order valence-corrected chi connectivity index (χ1v) is 10.7. The van der Waals surface area contributed by atoms with E-state index >= 15 is 0 Å². The number of amides is 1. The van der Waals surface area contributed by atoms with E-state index in [2.05, 4.69) is 4.98 Å². The third kappa shape index (κ3) is 4.80. The molecule has 0 radical (unpaired) electrons. The first-order chi connectivity index (χ1) is 13.3. The number of hydrogen-bond donors (Lipinski definition) is 0. The van der Waals surface area contributed by atoms with Gasteiger partial charge in [0.05, 0.1) is 6.54 Å². The molecule has 0 N–H and O–H groups in total. The van der Waals surface area contributed by atoms with Crippen molar-refractivity contribution in [1.82, 2.24) is 9.88 Å². The summed E-state index contributed by atoms with van der Waals surface area (Å²) in [4.78, 5) is 19.4. The molecule has 1 aromatic heterocycles. The highest BCUT2D eigenvalue weighted by atomic mass is 32.1. The van der Waals surface area contributed by atoms with Crippen LogP contribution in [0.5, 0.6) is 11.5 Å². The fourth-order valence-corrected chi connectivity index (χ4v) is 4.57. The van der Waals surface area contributed by atoms with E-state index in [0.717, 1.165) is 28.6 Å². The Morgan fingerprint density at radius 2 is 2.04 bits per heavy atom. The van der Waals surface area contributed by atoms with Gasteiger partial charge in [-0.05, 0) is 42.9 Å². The van der Waals surface area contributed by atoms with Crippen LogP contribution in [-0.4, -0.2) is 29.1 Å². The maximum atomic E-state index is 13.0. The highest BCUT2D eigenvalue weighted by molar-refractivity contribution is 7.09. The lowest BCUT2D eigenvalue weighted by Crippen LogP contribution is -2.35. The van der Waals surface area contributed by atoms with E-state index in [1.165, 1.54) is 32.1 Å². The van der Waals surface area contributed by atoms with Gasteiger partial charge in [-0.1, -0.05) is 25.3 Å². The fraction of sp³-hybridized carbons (Fsp3) is 0.524. The van der Waals surface area contributed by atoms with Gasteiger partial charge in [-0.3, -0.25) is 4.79 Å². The third-order valence-electron chi connectivity index (χ3n) is 5.43. The molecule has 2 aliphatic rings. The number of nitrogens with zero attached hydrogens (tertiary/aromatic N) is 2. The monoisotopic (exact) mass is 386 g/mol. The van der Waals surface area contributed by atoms with Crippen molar-refractivity contribution in [3.63, 3.8) is 0 Å². The maximum Gasteiger partial charge on any atom is 0.231 e. The number of ether oxygens (including phenoxy) is 2. The molecule has 0 saturated heterocycles. The van der Waals surface area contributed by atoms with E-state index in [0.29, 0.717) is 25.3 Å². The second-order valence-electron chi connectivity index (χ2n) is 7.39. The molecular formula is C21H26N2O3S. The molecule has 1 aliphatic carbocycles. The van der Waals surface area contributed by atoms with Crippen molar-refractivity contribution < 1.29 is 14.3 Å². The molecule has 0 atom stereocenters. The number of aromatic nitrogens is 1. The molecule has 5 nitrogen and oxygen atoms in total. The largest absolute Gasteiger partial charge is 0.454 e. The van der Waals surface area contributed by atoms with Crippen molar-refractivity contribution in [2.24, 2.45) is 5.92 Å². The van der Waals surface area contributed by atoms with E-state index in [1.54, 1.807) is 11.3 Å². The maximum absolute atomic E-state index is 13.0. The van der Waals surface area contributed by atoms with E-state index in [1.807, 2.05) is 34.7 Å². The lowest BCUT2D eigenvalue weighted by molar-refractivity contribution is -0.132. The Morgan fingerprint density at radius 3 is 2.85 bits per heavy atom. The van der Waals surface area contributed by atoms with Crippen molar-refractivity contribution in [3.05, 3.63) is 40.3 Å². The number of thiazole rings is 1. The predicted molar refractivity (Wildman–Crippen MR) is 105 cm³/mol. The van der Waals surface area contributed by atoms with Crippen LogP contribution >= 0.6 is 11.3 Å². The molecule has 4 rings (SSSR count). The van der Waals surface area contributed by atoms with Crippen LogP contribution in [0.3, 0.4) is 0 Å². The van der Waals surface area contributed by atoms with Gasteiger partial charge in [-0.2, -0.15) is 0 Å². The minimum absolute atomic E-state index is 0.216. The lowest BCUT2D eigenvalue weighted by atomic mass is 9.89. The topological polar surface area (TPSA) is 51.7 Å². The summed E-state index contributed by atoms with van der Waals surface area (Å²) in [7, 11) is 0. The van der Waals surface area contributed by atoms with Gasteiger partial charge < -0.3 is 14.4 Å². The molecule has 0 spiro atoms. The zero-order chi connectivity index (χ0) is 18.5. The summed E-state index contributed by atoms with van der Waals surface area (Å²) in [5.41, 5.74) is 1.11.